The van der Waals surface area contributed by atoms with E-state index in [2.05, 4.69) is 27.3 Å². The van der Waals surface area contributed by atoms with Crippen LogP contribution in [0.5, 0.6) is 5.75 Å². The zero-order valence-corrected chi connectivity index (χ0v) is 17.6. The number of hydrogen-bond donors (Lipinski definition) is 1. The van der Waals surface area contributed by atoms with Crippen LogP contribution in [0.3, 0.4) is 0 Å². The van der Waals surface area contributed by atoms with E-state index in [1.165, 1.54) is 0 Å². The van der Waals surface area contributed by atoms with Gasteiger partial charge in [-0.25, -0.2) is 0 Å². The quantitative estimate of drug-likeness (QED) is 0.517. The molecule has 1 heterocycles. The second-order valence-corrected chi connectivity index (χ2v) is 7.49. The number of ether oxygens (including phenoxy) is 1. The fraction of sp³-hybridized carbons (Fsp3) is 0.190. The smallest absolute Gasteiger partial charge is 0.276 e. The first-order valence-electron chi connectivity index (χ1n) is 8.78. The van der Waals surface area contributed by atoms with Crippen molar-refractivity contribution in [2.75, 3.05) is 6.54 Å². The van der Waals surface area contributed by atoms with Gasteiger partial charge in [-0.05, 0) is 49.0 Å². The van der Waals surface area contributed by atoms with Crippen molar-refractivity contribution in [2.24, 2.45) is 0 Å². The lowest BCUT2D eigenvalue weighted by atomic mass is 10.1. The van der Waals surface area contributed by atoms with Crippen LogP contribution in [0.1, 0.15) is 30.0 Å². The third kappa shape index (κ3) is 4.41. The van der Waals surface area contributed by atoms with Crippen molar-refractivity contribution in [2.45, 2.75) is 20.0 Å². The van der Waals surface area contributed by atoms with Crippen molar-refractivity contribution in [3.63, 3.8) is 0 Å². The highest BCUT2D eigenvalue weighted by Crippen LogP contribution is 2.27. The summed E-state index contributed by atoms with van der Waals surface area (Å²) in [4.78, 5) is 14.1. The average molecular weight is 456 g/mol. The maximum atomic E-state index is 12.6. The molecular weight excluding hydrogens is 438 g/mol. The van der Waals surface area contributed by atoms with Crippen molar-refractivity contribution in [3.8, 4) is 11.8 Å². The Morgan fingerprint density at radius 2 is 2.11 bits per heavy atom. The highest BCUT2D eigenvalue weighted by molar-refractivity contribution is 9.10. The number of hydrogen-bond acceptors (Lipinski definition) is 4. The molecule has 3 rings (SSSR count). The molecule has 142 valence electrons. The minimum Gasteiger partial charge on any atom is -0.488 e. The molecule has 1 aliphatic rings. The third-order valence-corrected chi connectivity index (χ3v) is 5.02. The Hall–Kier alpha value is -2.69. The zero-order valence-electron chi connectivity index (χ0n) is 15.2. The van der Waals surface area contributed by atoms with Gasteiger partial charge in [0.1, 0.15) is 18.1 Å². The van der Waals surface area contributed by atoms with Gasteiger partial charge in [0.2, 0.25) is 0 Å². The van der Waals surface area contributed by atoms with Gasteiger partial charge in [-0.3, -0.25) is 9.69 Å². The molecule has 0 saturated carbocycles. The van der Waals surface area contributed by atoms with Gasteiger partial charge in [-0.1, -0.05) is 41.1 Å². The summed E-state index contributed by atoms with van der Waals surface area (Å²) in [5.74, 6) is 0.463. The lowest BCUT2D eigenvalue weighted by Crippen LogP contribution is -2.31. The Kier molecular flexibility index (Phi) is 6.45. The number of nitriles is 1. The van der Waals surface area contributed by atoms with Crippen molar-refractivity contribution >= 4 is 45.2 Å². The van der Waals surface area contributed by atoms with Gasteiger partial charge in [-0.2, -0.15) is 5.26 Å². The Labute approximate surface area is 177 Å². The van der Waals surface area contributed by atoms with E-state index in [1.807, 2.05) is 43.3 Å². The number of carbonyl (C=O) groups is 1. The van der Waals surface area contributed by atoms with E-state index in [0.29, 0.717) is 28.7 Å². The number of thiocarbonyl (C=S) groups is 1. The molecule has 0 radical (unpaired) electrons. The van der Waals surface area contributed by atoms with Gasteiger partial charge in [0, 0.05) is 22.1 Å². The van der Waals surface area contributed by atoms with Gasteiger partial charge < -0.3 is 10.1 Å². The van der Waals surface area contributed by atoms with E-state index < -0.39 is 0 Å². The zero-order chi connectivity index (χ0) is 20.1. The minimum absolute atomic E-state index is 0.146. The minimum atomic E-state index is -0.146. The van der Waals surface area contributed by atoms with Gasteiger partial charge in [0.05, 0.1) is 11.6 Å². The second-order valence-electron chi connectivity index (χ2n) is 6.18. The van der Waals surface area contributed by atoms with Crippen LogP contribution in [0.4, 0.5) is 0 Å². The molecule has 0 unspecified atom stereocenters. The molecule has 1 amide bonds. The molecule has 0 spiro atoms. The predicted molar refractivity (Wildman–Crippen MR) is 115 cm³/mol. The summed E-state index contributed by atoms with van der Waals surface area (Å²) in [5, 5.41) is 12.6. The first-order chi connectivity index (χ1) is 13.5. The van der Waals surface area contributed by atoms with Crippen LogP contribution in [0.25, 0.3) is 6.08 Å². The normalized spacial score (nSPS) is 14.9. The number of nitrogens with zero attached hydrogens (tertiary/aromatic N) is 2. The first kappa shape index (κ1) is 20.1. The van der Waals surface area contributed by atoms with E-state index >= 15 is 0 Å². The van der Waals surface area contributed by atoms with Crippen LogP contribution in [0.2, 0.25) is 0 Å². The van der Waals surface area contributed by atoms with Crippen molar-refractivity contribution < 1.29 is 9.53 Å². The van der Waals surface area contributed by atoms with Crippen LogP contribution in [-0.4, -0.2) is 22.5 Å². The molecule has 2 aromatic carbocycles. The van der Waals surface area contributed by atoms with Crippen LogP contribution < -0.4 is 10.1 Å². The van der Waals surface area contributed by atoms with Gasteiger partial charge >= 0.3 is 0 Å². The van der Waals surface area contributed by atoms with E-state index in [-0.39, 0.29) is 12.5 Å². The van der Waals surface area contributed by atoms with E-state index in [4.69, 9.17) is 17.0 Å². The lowest BCUT2D eigenvalue weighted by Gasteiger charge is -2.12. The van der Waals surface area contributed by atoms with Gasteiger partial charge in [0.15, 0.2) is 5.11 Å². The highest BCUT2D eigenvalue weighted by atomic mass is 79.9. The molecule has 7 heteroatoms. The molecule has 0 aliphatic carbocycles. The van der Waals surface area contributed by atoms with Crippen molar-refractivity contribution in [3.05, 3.63) is 69.3 Å². The molecule has 0 atom stereocenters. The SMILES string of the molecule is CCCN1C(=O)/C(=C/c2cc(Br)ccc2OCc2ccccc2C#N)NC1=S. The van der Waals surface area contributed by atoms with E-state index in [9.17, 15) is 10.1 Å². The number of benzene rings is 2. The molecule has 0 aromatic heterocycles. The molecule has 1 fully saturated rings. The molecule has 1 aliphatic heterocycles. The number of amides is 1. The second kappa shape index (κ2) is 9.00. The molecule has 5 nitrogen and oxygen atoms in total. The predicted octanol–water partition coefficient (Wildman–Crippen LogP) is 4.37. The molecule has 2 aromatic rings. The summed E-state index contributed by atoms with van der Waals surface area (Å²) in [6.45, 7) is 2.83. The summed E-state index contributed by atoms with van der Waals surface area (Å²) in [6, 6.07) is 15.0. The Bertz CT molecular complexity index is 997. The Balaban J connectivity index is 1.87. The highest BCUT2D eigenvalue weighted by Gasteiger charge is 2.29. The molecule has 1 N–H and O–H groups in total. The van der Waals surface area contributed by atoms with Crippen LogP contribution in [0.15, 0.2) is 52.6 Å². The molecule has 28 heavy (non-hydrogen) atoms. The van der Waals surface area contributed by atoms with Gasteiger partial charge in [0.25, 0.3) is 5.91 Å². The number of nitrogens with one attached hydrogen (secondary N) is 1. The monoisotopic (exact) mass is 455 g/mol. The van der Waals surface area contributed by atoms with Crippen molar-refractivity contribution in [1.82, 2.24) is 10.2 Å². The largest absolute Gasteiger partial charge is 0.488 e. The van der Waals surface area contributed by atoms with Crippen LogP contribution in [-0.2, 0) is 11.4 Å². The average Bonchev–Trinajstić information content (AvgIpc) is 2.95. The van der Waals surface area contributed by atoms with Crippen molar-refractivity contribution in [1.29, 1.82) is 5.26 Å². The molecular formula is C21H18BrN3O2S. The van der Waals surface area contributed by atoms with E-state index in [1.54, 1.807) is 17.0 Å². The van der Waals surface area contributed by atoms with E-state index in [0.717, 1.165) is 22.0 Å². The maximum absolute atomic E-state index is 12.6. The topological polar surface area (TPSA) is 65.4 Å². The van der Waals surface area contributed by atoms with Crippen LogP contribution in [0, 0.1) is 11.3 Å². The number of halogens is 1. The number of rotatable bonds is 6. The first-order valence-corrected chi connectivity index (χ1v) is 9.98. The van der Waals surface area contributed by atoms with Crippen LogP contribution >= 0.6 is 28.1 Å². The summed E-state index contributed by atoms with van der Waals surface area (Å²) < 4.78 is 6.83. The number of carbonyl (C=O) groups excluding carboxylic acids is 1. The Morgan fingerprint density at radius 1 is 1.32 bits per heavy atom. The summed E-state index contributed by atoms with van der Waals surface area (Å²) >= 11 is 8.72. The standard InChI is InChI=1S/C21H18BrN3O2S/c1-2-9-25-20(26)18(24-21(25)28)11-16-10-17(22)7-8-19(16)27-13-15-6-4-3-5-14(15)12-23/h3-8,10-11H,2,9,13H2,1H3,(H,24,28)/b18-11-. The fourth-order valence-corrected chi connectivity index (χ4v) is 3.49. The summed E-state index contributed by atoms with van der Waals surface area (Å²) in [5.41, 5.74) is 2.53. The lowest BCUT2D eigenvalue weighted by molar-refractivity contribution is -0.122. The molecule has 0 bridgehead atoms. The fourth-order valence-electron chi connectivity index (χ4n) is 2.83. The third-order valence-electron chi connectivity index (χ3n) is 4.20. The maximum Gasteiger partial charge on any atom is 0.276 e. The Morgan fingerprint density at radius 3 is 2.86 bits per heavy atom. The molecule has 1 saturated heterocycles. The van der Waals surface area contributed by atoms with Gasteiger partial charge in [-0.15, -0.1) is 0 Å². The summed E-state index contributed by atoms with van der Waals surface area (Å²) in [6.07, 6.45) is 2.56. The summed E-state index contributed by atoms with van der Waals surface area (Å²) in [7, 11) is 0.